The van der Waals surface area contributed by atoms with Gasteiger partial charge in [-0.25, -0.2) is 0 Å². The van der Waals surface area contributed by atoms with Gasteiger partial charge in [-0.15, -0.1) is 0 Å². The molecule has 0 spiro atoms. The quantitative estimate of drug-likeness (QED) is 0.761. The second kappa shape index (κ2) is 7.84. The van der Waals surface area contributed by atoms with E-state index in [1.807, 2.05) is 25.1 Å². The predicted octanol–water partition coefficient (Wildman–Crippen LogP) is 1.10. The Morgan fingerprint density at radius 3 is 2.67 bits per heavy atom. The molecule has 1 rings (SSSR count). The molecule has 0 aliphatic heterocycles. The highest BCUT2D eigenvalue weighted by atomic mass is 16.5. The van der Waals surface area contributed by atoms with E-state index in [1.54, 1.807) is 0 Å². The molecule has 1 amide bonds. The fourth-order valence-corrected chi connectivity index (χ4v) is 1.71. The number of carbonyl (C=O) groups is 1. The van der Waals surface area contributed by atoms with Crippen LogP contribution in [0.4, 0.5) is 0 Å². The van der Waals surface area contributed by atoms with Gasteiger partial charge in [-0.05, 0) is 25.3 Å². The molecule has 1 aromatic carbocycles. The van der Waals surface area contributed by atoms with Crippen molar-refractivity contribution >= 4 is 5.91 Å². The van der Waals surface area contributed by atoms with Gasteiger partial charge in [0.15, 0.2) is 0 Å². The van der Waals surface area contributed by atoms with Gasteiger partial charge < -0.3 is 15.8 Å². The standard InChI is InChI=1S/C14H22N2O2/c1-11(16-14(17)13(15)10-18-2)8-9-12-6-4-3-5-7-12/h3-7,11,13H,8-10,15H2,1-2H3,(H,16,17). The largest absolute Gasteiger partial charge is 0.383 e. The lowest BCUT2D eigenvalue weighted by molar-refractivity contribution is -0.124. The molecule has 1 aromatic rings. The van der Waals surface area contributed by atoms with Crippen LogP contribution in [0.25, 0.3) is 0 Å². The number of nitrogens with one attached hydrogen (secondary N) is 1. The molecule has 0 radical (unpaired) electrons. The van der Waals surface area contributed by atoms with Gasteiger partial charge in [-0.2, -0.15) is 0 Å². The minimum Gasteiger partial charge on any atom is -0.383 e. The first-order chi connectivity index (χ1) is 8.63. The fraction of sp³-hybridized carbons (Fsp3) is 0.500. The van der Waals surface area contributed by atoms with E-state index in [2.05, 4.69) is 17.4 Å². The highest BCUT2D eigenvalue weighted by molar-refractivity contribution is 5.81. The highest BCUT2D eigenvalue weighted by Crippen LogP contribution is 2.04. The van der Waals surface area contributed by atoms with Crippen molar-refractivity contribution in [2.75, 3.05) is 13.7 Å². The van der Waals surface area contributed by atoms with Crippen molar-refractivity contribution in [1.29, 1.82) is 0 Å². The second-order valence-corrected chi connectivity index (χ2v) is 4.50. The van der Waals surface area contributed by atoms with Crippen LogP contribution >= 0.6 is 0 Å². The first-order valence-electron chi connectivity index (χ1n) is 6.22. The van der Waals surface area contributed by atoms with E-state index >= 15 is 0 Å². The van der Waals surface area contributed by atoms with Gasteiger partial charge in [-0.3, -0.25) is 4.79 Å². The van der Waals surface area contributed by atoms with E-state index in [-0.39, 0.29) is 18.6 Å². The SMILES string of the molecule is COCC(N)C(=O)NC(C)CCc1ccccc1. The molecule has 0 heterocycles. The zero-order chi connectivity index (χ0) is 13.4. The van der Waals surface area contributed by atoms with E-state index in [1.165, 1.54) is 12.7 Å². The third-order valence-electron chi connectivity index (χ3n) is 2.78. The number of nitrogens with two attached hydrogens (primary N) is 1. The van der Waals surface area contributed by atoms with Crippen molar-refractivity contribution in [3.63, 3.8) is 0 Å². The monoisotopic (exact) mass is 250 g/mol. The number of carbonyl (C=O) groups excluding carboxylic acids is 1. The number of methoxy groups -OCH3 is 1. The maximum Gasteiger partial charge on any atom is 0.239 e. The van der Waals surface area contributed by atoms with Gasteiger partial charge in [0.25, 0.3) is 0 Å². The number of ether oxygens (including phenoxy) is 1. The molecule has 0 saturated carbocycles. The molecule has 2 atom stereocenters. The molecular weight excluding hydrogens is 228 g/mol. The first kappa shape index (κ1) is 14.7. The molecule has 2 unspecified atom stereocenters. The molecule has 3 N–H and O–H groups in total. The Morgan fingerprint density at radius 1 is 1.39 bits per heavy atom. The molecule has 0 bridgehead atoms. The van der Waals surface area contributed by atoms with Crippen molar-refractivity contribution in [1.82, 2.24) is 5.32 Å². The summed E-state index contributed by atoms with van der Waals surface area (Å²) in [6, 6.07) is 9.74. The van der Waals surface area contributed by atoms with Crippen molar-refractivity contribution < 1.29 is 9.53 Å². The molecule has 18 heavy (non-hydrogen) atoms. The van der Waals surface area contributed by atoms with Crippen LogP contribution in [0.3, 0.4) is 0 Å². The minimum atomic E-state index is -0.589. The molecule has 4 heteroatoms. The van der Waals surface area contributed by atoms with Crippen molar-refractivity contribution in [3.8, 4) is 0 Å². The normalized spacial score (nSPS) is 13.9. The van der Waals surface area contributed by atoms with Crippen molar-refractivity contribution in [2.24, 2.45) is 5.73 Å². The van der Waals surface area contributed by atoms with Crippen LogP contribution in [0.1, 0.15) is 18.9 Å². The summed E-state index contributed by atoms with van der Waals surface area (Å²) in [5.74, 6) is -0.155. The third kappa shape index (κ3) is 5.29. The lowest BCUT2D eigenvalue weighted by Gasteiger charge is -2.17. The van der Waals surface area contributed by atoms with Crippen LogP contribution in [0.2, 0.25) is 0 Å². The zero-order valence-electron chi connectivity index (χ0n) is 11.1. The third-order valence-corrected chi connectivity index (χ3v) is 2.78. The van der Waals surface area contributed by atoms with Crippen LogP contribution in [-0.2, 0) is 16.0 Å². The maximum absolute atomic E-state index is 11.6. The Morgan fingerprint density at radius 2 is 2.06 bits per heavy atom. The number of benzene rings is 1. The van der Waals surface area contributed by atoms with Crippen LogP contribution in [-0.4, -0.2) is 31.7 Å². The highest BCUT2D eigenvalue weighted by Gasteiger charge is 2.15. The van der Waals surface area contributed by atoms with E-state index in [0.717, 1.165) is 12.8 Å². The molecule has 4 nitrogen and oxygen atoms in total. The summed E-state index contributed by atoms with van der Waals surface area (Å²) >= 11 is 0. The maximum atomic E-state index is 11.6. The summed E-state index contributed by atoms with van der Waals surface area (Å²) in [4.78, 5) is 11.6. The summed E-state index contributed by atoms with van der Waals surface area (Å²) < 4.78 is 4.85. The van der Waals surface area contributed by atoms with Gasteiger partial charge in [0.05, 0.1) is 6.61 Å². The van der Waals surface area contributed by atoms with Gasteiger partial charge in [0, 0.05) is 13.2 Å². The summed E-state index contributed by atoms with van der Waals surface area (Å²) in [7, 11) is 1.53. The minimum absolute atomic E-state index is 0.112. The Hall–Kier alpha value is -1.39. The summed E-state index contributed by atoms with van der Waals surface area (Å²) in [6.45, 7) is 2.23. The number of hydrogen-bond acceptors (Lipinski definition) is 3. The lowest BCUT2D eigenvalue weighted by Crippen LogP contribution is -2.46. The molecule has 0 aliphatic rings. The first-order valence-corrected chi connectivity index (χ1v) is 6.22. The summed E-state index contributed by atoms with van der Waals surface area (Å²) in [5.41, 5.74) is 6.92. The fourth-order valence-electron chi connectivity index (χ4n) is 1.71. The molecule has 100 valence electrons. The van der Waals surface area contributed by atoms with Crippen LogP contribution < -0.4 is 11.1 Å². The second-order valence-electron chi connectivity index (χ2n) is 4.50. The van der Waals surface area contributed by atoms with E-state index in [0.29, 0.717) is 0 Å². The van der Waals surface area contributed by atoms with Gasteiger partial charge in [0.1, 0.15) is 6.04 Å². The molecule has 0 fully saturated rings. The molecule has 0 aliphatic carbocycles. The molecule has 0 aromatic heterocycles. The average molecular weight is 250 g/mol. The number of aryl methyl sites for hydroxylation is 1. The van der Waals surface area contributed by atoms with E-state index in [9.17, 15) is 4.79 Å². The van der Waals surface area contributed by atoms with Crippen molar-refractivity contribution in [3.05, 3.63) is 35.9 Å². The topological polar surface area (TPSA) is 64.3 Å². The predicted molar refractivity (Wildman–Crippen MR) is 72.2 cm³/mol. The smallest absolute Gasteiger partial charge is 0.239 e. The van der Waals surface area contributed by atoms with Crippen LogP contribution in [0.15, 0.2) is 30.3 Å². The van der Waals surface area contributed by atoms with Crippen LogP contribution in [0.5, 0.6) is 0 Å². The van der Waals surface area contributed by atoms with Gasteiger partial charge in [-0.1, -0.05) is 30.3 Å². The zero-order valence-corrected chi connectivity index (χ0v) is 11.1. The van der Waals surface area contributed by atoms with E-state index < -0.39 is 6.04 Å². The summed E-state index contributed by atoms with van der Waals surface area (Å²) in [5, 5.41) is 2.89. The Kier molecular flexibility index (Phi) is 6.39. The van der Waals surface area contributed by atoms with E-state index in [4.69, 9.17) is 10.5 Å². The number of hydrogen-bond donors (Lipinski definition) is 2. The lowest BCUT2D eigenvalue weighted by atomic mass is 10.1. The summed E-state index contributed by atoms with van der Waals surface area (Å²) in [6.07, 6.45) is 1.84. The Labute approximate surface area is 109 Å². The molecule has 0 saturated heterocycles. The van der Waals surface area contributed by atoms with Gasteiger partial charge in [0.2, 0.25) is 5.91 Å². The number of amides is 1. The average Bonchev–Trinajstić information content (AvgIpc) is 2.38. The van der Waals surface area contributed by atoms with Gasteiger partial charge >= 0.3 is 0 Å². The Balaban J connectivity index is 2.29. The Bertz CT molecular complexity index is 354. The number of rotatable bonds is 7. The van der Waals surface area contributed by atoms with Crippen molar-refractivity contribution in [2.45, 2.75) is 31.8 Å². The molecular formula is C14H22N2O2. The van der Waals surface area contributed by atoms with Crippen LogP contribution in [0, 0.1) is 0 Å².